The van der Waals surface area contributed by atoms with Gasteiger partial charge in [0.25, 0.3) is 0 Å². The van der Waals surface area contributed by atoms with Crippen LogP contribution in [0.1, 0.15) is 27.7 Å². The van der Waals surface area contributed by atoms with Gasteiger partial charge in [0.2, 0.25) is 0 Å². The van der Waals surface area contributed by atoms with E-state index in [9.17, 15) is 12.8 Å². The Morgan fingerprint density at radius 1 is 1.10 bits per heavy atom. The number of hydrogen-bond acceptors (Lipinski definition) is 4. The van der Waals surface area contributed by atoms with Gasteiger partial charge in [-0.1, -0.05) is 6.07 Å². The minimum Gasteiger partial charge on any atom is -0.399 e. The van der Waals surface area contributed by atoms with Crippen molar-refractivity contribution in [1.82, 2.24) is 0 Å². The zero-order chi connectivity index (χ0) is 15.3. The second kappa shape index (κ2) is 4.54. The van der Waals surface area contributed by atoms with Crippen LogP contribution in [0.25, 0.3) is 0 Å². The highest BCUT2D eigenvalue weighted by molar-refractivity contribution is 7.90. The van der Waals surface area contributed by atoms with Gasteiger partial charge in [-0.2, -0.15) is 0 Å². The quantitative estimate of drug-likeness (QED) is 0.777. The highest BCUT2D eigenvalue weighted by Gasteiger charge is 2.51. The van der Waals surface area contributed by atoms with E-state index in [4.69, 9.17) is 9.31 Å². The third-order valence-corrected chi connectivity index (χ3v) is 4.99. The molecule has 1 aromatic carbocycles. The molecule has 1 fully saturated rings. The lowest BCUT2D eigenvalue weighted by atomic mass is 9.79. The van der Waals surface area contributed by atoms with Crippen molar-refractivity contribution in [3.63, 3.8) is 0 Å². The van der Waals surface area contributed by atoms with Gasteiger partial charge in [0.15, 0.2) is 9.84 Å². The molecule has 110 valence electrons. The molecule has 0 aromatic heterocycles. The van der Waals surface area contributed by atoms with E-state index in [1.54, 1.807) is 0 Å². The van der Waals surface area contributed by atoms with E-state index >= 15 is 0 Å². The van der Waals surface area contributed by atoms with E-state index < -0.39 is 34.0 Å². The molecule has 0 bridgehead atoms. The van der Waals surface area contributed by atoms with Gasteiger partial charge in [-0.3, -0.25) is 0 Å². The first-order valence-corrected chi connectivity index (χ1v) is 8.18. The Bertz CT molecular complexity index is 624. The first-order valence-electron chi connectivity index (χ1n) is 6.29. The molecule has 0 atom stereocenters. The number of hydrogen-bond donors (Lipinski definition) is 0. The second-order valence-corrected chi connectivity index (χ2v) is 8.03. The summed E-state index contributed by atoms with van der Waals surface area (Å²) in [5.74, 6) is -0.771. The zero-order valence-corrected chi connectivity index (χ0v) is 13.0. The maximum absolute atomic E-state index is 13.6. The van der Waals surface area contributed by atoms with Gasteiger partial charge in [-0.05, 0) is 45.3 Å². The molecule has 1 saturated heterocycles. The molecule has 0 radical (unpaired) electrons. The van der Waals surface area contributed by atoms with Gasteiger partial charge >= 0.3 is 7.12 Å². The molecule has 1 aliphatic heterocycles. The lowest BCUT2D eigenvalue weighted by molar-refractivity contribution is 0.00578. The van der Waals surface area contributed by atoms with Crippen molar-refractivity contribution in [2.75, 3.05) is 6.26 Å². The Labute approximate surface area is 119 Å². The van der Waals surface area contributed by atoms with Crippen LogP contribution in [0.15, 0.2) is 23.1 Å². The maximum atomic E-state index is 13.6. The average Bonchev–Trinajstić information content (AvgIpc) is 2.47. The van der Waals surface area contributed by atoms with Crippen LogP contribution >= 0.6 is 0 Å². The Balaban J connectivity index is 2.42. The van der Waals surface area contributed by atoms with E-state index in [2.05, 4.69) is 0 Å². The largest absolute Gasteiger partial charge is 0.494 e. The number of rotatable bonds is 2. The molecule has 0 spiro atoms. The summed E-state index contributed by atoms with van der Waals surface area (Å²) in [5, 5.41) is 0. The SMILES string of the molecule is CC1(C)OB(c2ccc(F)c(S(C)(=O)=O)c2)OC1(C)C. The fourth-order valence-electron chi connectivity index (χ4n) is 1.93. The van der Waals surface area contributed by atoms with Crippen LogP contribution in [-0.2, 0) is 19.1 Å². The van der Waals surface area contributed by atoms with Crippen molar-refractivity contribution in [2.45, 2.75) is 43.8 Å². The third-order valence-electron chi connectivity index (χ3n) is 3.88. The van der Waals surface area contributed by atoms with Crippen molar-refractivity contribution in [3.8, 4) is 0 Å². The topological polar surface area (TPSA) is 52.6 Å². The van der Waals surface area contributed by atoms with Crippen molar-refractivity contribution in [1.29, 1.82) is 0 Å². The fourth-order valence-corrected chi connectivity index (χ4v) is 2.70. The summed E-state index contributed by atoms with van der Waals surface area (Å²) in [4.78, 5) is -0.343. The van der Waals surface area contributed by atoms with E-state index in [0.29, 0.717) is 5.46 Å². The van der Waals surface area contributed by atoms with Crippen LogP contribution in [0.2, 0.25) is 0 Å². The molecule has 0 saturated carbocycles. The summed E-state index contributed by atoms with van der Waals surface area (Å²) < 4.78 is 48.3. The summed E-state index contributed by atoms with van der Waals surface area (Å²) in [6.45, 7) is 7.59. The summed E-state index contributed by atoms with van der Waals surface area (Å²) in [6.07, 6.45) is 0.972. The van der Waals surface area contributed by atoms with E-state index in [1.165, 1.54) is 12.1 Å². The predicted octanol–water partition coefficient (Wildman–Crippen LogP) is 1.53. The molecule has 20 heavy (non-hydrogen) atoms. The molecule has 2 rings (SSSR count). The molecule has 0 amide bonds. The number of benzene rings is 1. The standard InChI is InChI=1S/C13H18BFO4S/c1-12(2)13(3,4)19-14(18-12)9-6-7-10(15)11(8-9)20(5,16)17/h6-8H,1-5H3. The van der Waals surface area contributed by atoms with Crippen LogP contribution in [-0.4, -0.2) is 33.0 Å². The summed E-state index contributed by atoms with van der Waals surface area (Å²) in [7, 11) is -4.34. The van der Waals surface area contributed by atoms with Crippen molar-refractivity contribution >= 4 is 22.4 Å². The van der Waals surface area contributed by atoms with Gasteiger partial charge < -0.3 is 9.31 Å². The van der Waals surface area contributed by atoms with E-state index in [0.717, 1.165) is 12.3 Å². The third kappa shape index (κ3) is 2.62. The van der Waals surface area contributed by atoms with Gasteiger partial charge in [-0.15, -0.1) is 0 Å². The highest BCUT2D eigenvalue weighted by atomic mass is 32.2. The molecule has 0 aliphatic carbocycles. The molecule has 1 aromatic rings. The van der Waals surface area contributed by atoms with Gasteiger partial charge in [-0.25, -0.2) is 12.8 Å². The van der Waals surface area contributed by atoms with Crippen LogP contribution in [0.3, 0.4) is 0 Å². The number of sulfone groups is 1. The molecular formula is C13H18BFO4S. The van der Waals surface area contributed by atoms with E-state index in [1.807, 2.05) is 27.7 Å². The monoisotopic (exact) mass is 300 g/mol. The van der Waals surface area contributed by atoms with Crippen molar-refractivity contribution < 1.29 is 22.1 Å². The minimum atomic E-state index is -3.63. The van der Waals surface area contributed by atoms with E-state index in [-0.39, 0.29) is 4.90 Å². The second-order valence-electron chi connectivity index (χ2n) is 6.05. The fraction of sp³-hybridized carbons (Fsp3) is 0.538. The Morgan fingerprint density at radius 2 is 1.60 bits per heavy atom. The van der Waals surface area contributed by atoms with Crippen LogP contribution in [0.4, 0.5) is 4.39 Å². The van der Waals surface area contributed by atoms with Gasteiger partial charge in [0.1, 0.15) is 10.7 Å². The Hall–Kier alpha value is -0.915. The normalized spacial score (nSPS) is 21.2. The Kier molecular flexibility index (Phi) is 3.52. The predicted molar refractivity (Wildman–Crippen MR) is 75.2 cm³/mol. The van der Waals surface area contributed by atoms with Crippen LogP contribution in [0.5, 0.6) is 0 Å². The van der Waals surface area contributed by atoms with Crippen LogP contribution < -0.4 is 5.46 Å². The smallest absolute Gasteiger partial charge is 0.399 e. The number of halogens is 1. The molecule has 1 aliphatic rings. The molecule has 0 N–H and O–H groups in total. The first kappa shape index (κ1) is 15.5. The minimum absolute atomic E-state index is 0.343. The molecule has 7 heteroatoms. The Morgan fingerprint density at radius 3 is 2.05 bits per heavy atom. The first-order chi connectivity index (χ1) is 8.94. The summed E-state index contributed by atoms with van der Waals surface area (Å²) in [6, 6.07) is 3.87. The van der Waals surface area contributed by atoms with Gasteiger partial charge in [0.05, 0.1) is 11.2 Å². The average molecular weight is 300 g/mol. The molecule has 1 heterocycles. The lowest BCUT2D eigenvalue weighted by Crippen LogP contribution is -2.41. The summed E-state index contributed by atoms with van der Waals surface area (Å²) >= 11 is 0. The lowest BCUT2D eigenvalue weighted by Gasteiger charge is -2.32. The van der Waals surface area contributed by atoms with Crippen molar-refractivity contribution in [3.05, 3.63) is 24.0 Å². The molecular weight excluding hydrogens is 282 g/mol. The molecule has 0 unspecified atom stereocenters. The summed E-state index contributed by atoms with van der Waals surface area (Å²) in [5.41, 5.74) is -0.570. The zero-order valence-electron chi connectivity index (χ0n) is 12.2. The van der Waals surface area contributed by atoms with Gasteiger partial charge in [0, 0.05) is 6.26 Å². The maximum Gasteiger partial charge on any atom is 0.494 e. The molecule has 4 nitrogen and oxygen atoms in total. The highest BCUT2D eigenvalue weighted by Crippen LogP contribution is 2.36. The van der Waals surface area contributed by atoms with Crippen LogP contribution in [0, 0.1) is 5.82 Å². The van der Waals surface area contributed by atoms with Crippen molar-refractivity contribution in [2.24, 2.45) is 0 Å².